The van der Waals surface area contributed by atoms with Crippen molar-refractivity contribution in [1.82, 2.24) is 5.32 Å². The van der Waals surface area contributed by atoms with Crippen molar-refractivity contribution in [1.29, 1.82) is 0 Å². The molecule has 0 saturated carbocycles. The van der Waals surface area contributed by atoms with Crippen molar-refractivity contribution in [2.45, 2.75) is 19.3 Å². The second kappa shape index (κ2) is 5.94. The molecule has 1 heterocycles. The fourth-order valence-electron chi connectivity index (χ4n) is 1.47. The lowest BCUT2D eigenvalue weighted by Crippen LogP contribution is -2.30. The minimum absolute atomic E-state index is 0.287. The van der Waals surface area contributed by atoms with Crippen LogP contribution in [0.3, 0.4) is 0 Å². The van der Waals surface area contributed by atoms with Crippen LogP contribution in [0, 0.1) is 5.92 Å². The molecule has 1 rings (SSSR count). The molecule has 76 valence electrons. The number of ether oxygens (including phenoxy) is 1. The average Bonchev–Trinajstić information content (AvgIpc) is 2.14. The molecule has 0 radical (unpaired) electrons. The van der Waals surface area contributed by atoms with Crippen molar-refractivity contribution in [3.05, 3.63) is 0 Å². The van der Waals surface area contributed by atoms with Gasteiger partial charge in [-0.1, -0.05) is 0 Å². The number of primary amides is 1. The Morgan fingerprint density at radius 3 is 2.77 bits per heavy atom. The summed E-state index contributed by atoms with van der Waals surface area (Å²) in [5.41, 5.74) is 4.98. The molecule has 0 spiro atoms. The summed E-state index contributed by atoms with van der Waals surface area (Å²) in [6, 6.07) is 0. The third kappa shape index (κ3) is 4.85. The standard InChI is InChI=1S/C9H18N2O2/c10-9(12)3-6-13-7-8-1-4-11-5-2-8/h8,11H,1-7H2,(H2,10,12). The maximum Gasteiger partial charge on any atom is 0.219 e. The smallest absolute Gasteiger partial charge is 0.219 e. The number of nitrogens with one attached hydrogen (secondary N) is 1. The summed E-state index contributed by atoms with van der Waals surface area (Å²) in [4.78, 5) is 10.4. The molecule has 0 aromatic heterocycles. The molecular weight excluding hydrogens is 168 g/mol. The van der Waals surface area contributed by atoms with Crippen LogP contribution in [0.5, 0.6) is 0 Å². The predicted molar refractivity (Wildman–Crippen MR) is 50.2 cm³/mol. The largest absolute Gasteiger partial charge is 0.381 e. The Kier molecular flexibility index (Phi) is 4.78. The van der Waals surface area contributed by atoms with Crippen LogP contribution in [-0.4, -0.2) is 32.2 Å². The van der Waals surface area contributed by atoms with Gasteiger partial charge in [0.15, 0.2) is 0 Å². The monoisotopic (exact) mass is 186 g/mol. The lowest BCUT2D eigenvalue weighted by atomic mass is 9.99. The number of nitrogens with two attached hydrogens (primary N) is 1. The molecule has 1 saturated heterocycles. The minimum Gasteiger partial charge on any atom is -0.381 e. The van der Waals surface area contributed by atoms with E-state index in [0.29, 0.717) is 18.9 Å². The van der Waals surface area contributed by atoms with Crippen molar-refractivity contribution in [3.8, 4) is 0 Å². The van der Waals surface area contributed by atoms with Crippen molar-refractivity contribution in [2.75, 3.05) is 26.3 Å². The van der Waals surface area contributed by atoms with Gasteiger partial charge in [-0.3, -0.25) is 4.79 Å². The van der Waals surface area contributed by atoms with Gasteiger partial charge in [0.25, 0.3) is 0 Å². The van der Waals surface area contributed by atoms with E-state index in [2.05, 4.69) is 5.32 Å². The van der Waals surface area contributed by atoms with Gasteiger partial charge in [-0.25, -0.2) is 0 Å². The second-order valence-corrected chi connectivity index (χ2v) is 3.48. The molecule has 4 heteroatoms. The van der Waals surface area contributed by atoms with Crippen LogP contribution in [0.25, 0.3) is 0 Å². The Hall–Kier alpha value is -0.610. The first-order valence-corrected chi connectivity index (χ1v) is 4.86. The van der Waals surface area contributed by atoms with Gasteiger partial charge in [0, 0.05) is 13.0 Å². The molecule has 0 unspecified atom stereocenters. The van der Waals surface area contributed by atoms with Crippen LogP contribution in [-0.2, 0) is 9.53 Å². The minimum atomic E-state index is -0.287. The second-order valence-electron chi connectivity index (χ2n) is 3.48. The molecule has 1 fully saturated rings. The fraction of sp³-hybridized carbons (Fsp3) is 0.889. The first-order valence-electron chi connectivity index (χ1n) is 4.86. The summed E-state index contributed by atoms with van der Waals surface area (Å²) in [6.45, 7) is 3.42. The van der Waals surface area contributed by atoms with E-state index in [4.69, 9.17) is 10.5 Å². The Morgan fingerprint density at radius 2 is 2.15 bits per heavy atom. The molecular formula is C9H18N2O2. The highest BCUT2D eigenvalue weighted by Gasteiger charge is 2.12. The summed E-state index contributed by atoms with van der Waals surface area (Å²) in [7, 11) is 0. The van der Waals surface area contributed by atoms with Crippen LogP contribution in [0.1, 0.15) is 19.3 Å². The maximum absolute atomic E-state index is 10.4. The van der Waals surface area contributed by atoms with Gasteiger partial charge < -0.3 is 15.8 Å². The first-order chi connectivity index (χ1) is 6.29. The molecule has 3 N–H and O–H groups in total. The Labute approximate surface area is 78.8 Å². The van der Waals surface area contributed by atoms with Gasteiger partial charge in [-0.05, 0) is 31.8 Å². The number of rotatable bonds is 5. The Bertz CT molecular complexity index is 156. The summed E-state index contributed by atoms with van der Waals surface area (Å²) >= 11 is 0. The van der Waals surface area contributed by atoms with Crippen molar-refractivity contribution >= 4 is 5.91 Å². The molecule has 0 atom stereocenters. The van der Waals surface area contributed by atoms with Gasteiger partial charge >= 0.3 is 0 Å². The zero-order valence-electron chi connectivity index (χ0n) is 7.92. The molecule has 0 aliphatic carbocycles. The maximum atomic E-state index is 10.4. The van der Waals surface area contributed by atoms with Crippen LogP contribution in [0.4, 0.5) is 0 Å². The third-order valence-corrected chi connectivity index (χ3v) is 2.31. The van der Waals surface area contributed by atoms with Crippen molar-refractivity contribution in [2.24, 2.45) is 11.7 Å². The number of hydrogen-bond donors (Lipinski definition) is 2. The van der Waals surface area contributed by atoms with Gasteiger partial charge in [0.2, 0.25) is 5.91 Å². The highest BCUT2D eigenvalue weighted by molar-refractivity contribution is 5.73. The summed E-state index contributed by atoms with van der Waals surface area (Å²) in [5, 5.41) is 3.29. The number of hydrogen-bond acceptors (Lipinski definition) is 3. The third-order valence-electron chi connectivity index (χ3n) is 2.31. The molecule has 0 bridgehead atoms. The van der Waals surface area contributed by atoms with Gasteiger partial charge in [-0.2, -0.15) is 0 Å². The molecule has 1 aliphatic rings. The lowest BCUT2D eigenvalue weighted by Gasteiger charge is -2.22. The first kappa shape index (κ1) is 10.5. The van der Waals surface area contributed by atoms with Gasteiger partial charge in [0.05, 0.1) is 6.61 Å². The SMILES string of the molecule is NC(=O)CCOCC1CCNCC1. The molecule has 13 heavy (non-hydrogen) atoms. The summed E-state index contributed by atoms with van der Waals surface area (Å²) in [5.74, 6) is 0.374. The number of carbonyl (C=O) groups excluding carboxylic acids is 1. The van der Waals surface area contributed by atoms with Crippen molar-refractivity contribution in [3.63, 3.8) is 0 Å². The highest BCUT2D eigenvalue weighted by atomic mass is 16.5. The topological polar surface area (TPSA) is 64.4 Å². The Morgan fingerprint density at radius 1 is 1.46 bits per heavy atom. The average molecular weight is 186 g/mol. The van der Waals surface area contributed by atoms with E-state index in [9.17, 15) is 4.79 Å². The van der Waals surface area contributed by atoms with E-state index >= 15 is 0 Å². The van der Waals surface area contributed by atoms with Crippen LogP contribution in [0.2, 0.25) is 0 Å². The molecule has 0 aromatic rings. The quantitative estimate of drug-likeness (QED) is 0.588. The number of carbonyl (C=O) groups is 1. The van der Waals surface area contributed by atoms with E-state index in [-0.39, 0.29) is 5.91 Å². The Balaban J connectivity index is 1.95. The van der Waals surface area contributed by atoms with E-state index in [1.807, 2.05) is 0 Å². The number of amides is 1. The van der Waals surface area contributed by atoms with Gasteiger partial charge in [0.1, 0.15) is 0 Å². The molecule has 4 nitrogen and oxygen atoms in total. The summed E-state index contributed by atoms with van der Waals surface area (Å²) < 4.78 is 5.36. The fourth-order valence-corrected chi connectivity index (χ4v) is 1.47. The molecule has 0 aromatic carbocycles. The predicted octanol–water partition coefficient (Wildman–Crippen LogP) is -0.122. The zero-order chi connectivity index (χ0) is 9.52. The van der Waals surface area contributed by atoms with E-state index in [1.165, 1.54) is 12.8 Å². The van der Waals surface area contributed by atoms with Crippen LogP contribution in [0.15, 0.2) is 0 Å². The molecule has 1 aliphatic heterocycles. The summed E-state index contributed by atoms with van der Waals surface area (Å²) in [6.07, 6.45) is 2.69. The molecule has 1 amide bonds. The van der Waals surface area contributed by atoms with Crippen LogP contribution >= 0.6 is 0 Å². The lowest BCUT2D eigenvalue weighted by molar-refractivity contribution is -0.119. The zero-order valence-corrected chi connectivity index (χ0v) is 7.92. The van der Waals surface area contributed by atoms with E-state index < -0.39 is 0 Å². The van der Waals surface area contributed by atoms with E-state index in [1.54, 1.807) is 0 Å². The van der Waals surface area contributed by atoms with Gasteiger partial charge in [-0.15, -0.1) is 0 Å². The van der Waals surface area contributed by atoms with Crippen molar-refractivity contribution < 1.29 is 9.53 Å². The van der Waals surface area contributed by atoms with Crippen LogP contribution < -0.4 is 11.1 Å². The normalized spacial score (nSPS) is 18.8. The highest BCUT2D eigenvalue weighted by Crippen LogP contribution is 2.11. The van der Waals surface area contributed by atoms with E-state index in [0.717, 1.165) is 19.7 Å². The number of piperidine rings is 1.